The number of rotatable bonds is 6. The standard InChI is InChI=1S/C22H20ClN3O6/c1-30-12-7-8-15(17(9-12)31-2)24-18(27)10-26-16-11-32-21(28)19(16)20(25-22(26)29)13-5-3-4-6-14(13)23/h3-9,20H,10-11H2,1-2H3,(H,24,27)(H,25,29)/t20-/m0/s1. The molecule has 2 aliphatic rings. The number of cyclic esters (lactones) is 1. The number of halogens is 1. The van der Waals surface area contributed by atoms with E-state index >= 15 is 0 Å². The molecule has 2 aromatic rings. The van der Waals surface area contributed by atoms with Crippen LogP contribution in [0.3, 0.4) is 0 Å². The molecule has 2 heterocycles. The summed E-state index contributed by atoms with van der Waals surface area (Å²) in [5, 5.41) is 5.87. The Bertz CT molecular complexity index is 1130. The molecule has 0 unspecified atom stereocenters. The van der Waals surface area contributed by atoms with Gasteiger partial charge in [-0.25, -0.2) is 9.59 Å². The van der Waals surface area contributed by atoms with Gasteiger partial charge in [0, 0.05) is 11.1 Å². The predicted molar refractivity (Wildman–Crippen MR) is 116 cm³/mol. The number of hydrogen-bond acceptors (Lipinski definition) is 6. The van der Waals surface area contributed by atoms with Gasteiger partial charge in [-0.15, -0.1) is 0 Å². The van der Waals surface area contributed by atoms with Crippen molar-refractivity contribution in [2.24, 2.45) is 0 Å². The van der Waals surface area contributed by atoms with Crippen molar-refractivity contribution in [3.05, 3.63) is 64.3 Å². The summed E-state index contributed by atoms with van der Waals surface area (Å²) in [6, 6.07) is 10.5. The molecular formula is C22H20ClN3O6. The van der Waals surface area contributed by atoms with Crippen molar-refractivity contribution in [2.75, 3.05) is 32.7 Å². The molecule has 1 atom stereocenters. The first-order valence-corrected chi connectivity index (χ1v) is 10.0. The molecule has 3 amide bonds. The zero-order valence-electron chi connectivity index (χ0n) is 17.3. The Hall–Kier alpha value is -3.72. The third-order valence-electron chi connectivity index (χ3n) is 5.20. The molecule has 4 rings (SSSR count). The van der Waals surface area contributed by atoms with E-state index in [1.807, 2.05) is 0 Å². The van der Waals surface area contributed by atoms with E-state index in [9.17, 15) is 14.4 Å². The number of urea groups is 1. The molecule has 32 heavy (non-hydrogen) atoms. The number of hydrogen-bond donors (Lipinski definition) is 2. The van der Waals surface area contributed by atoms with Crippen LogP contribution in [0.2, 0.25) is 5.02 Å². The average molecular weight is 458 g/mol. The lowest BCUT2D eigenvalue weighted by molar-refractivity contribution is -0.136. The Labute approximate surface area is 188 Å². The number of methoxy groups -OCH3 is 2. The van der Waals surface area contributed by atoms with E-state index in [1.165, 1.54) is 19.1 Å². The fraction of sp³-hybridized carbons (Fsp3) is 0.227. The fourth-order valence-corrected chi connectivity index (χ4v) is 3.90. The van der Waals surface area contributed by atoms with Gasteiger partial charge in [0.15, 0.2) is 0 Å². The van der Waals surface area contributed by atoms with Crippen molar-refractivity contribution in [1.29, 1.82) is 0 Å². The number of carbonyl (C=O) groups is 3. The van der Waals surface area contributed by atoms with Crippen molar-refractivity contribution in [3.63, 3.8) is 0 Å². The van der Waals surface area contributed by atoms with Gasteiger partial charge in [-0.05, 0) is 23.8 Å². The first-order valence-electron chi connectivity index (χ1n) is 9.67. The fourth-order valence-electron chi connectivity index (χ4n) is 3.66. The van der Waals surface area contributed by atoms with Crippen LogP contribution in [0.4, 0.5) is 10.5 Å². The van der Waals surface area contributed by atoms with Crippen molar-refractivity contribution in [2.45, 2.75) is 6.04 Å². The molecule has 0 bridgehead atoms. The van der Waals surface area contributed by atoms with Crippen LogP contribution in [0.15, 0.2) is 53.7 Å². The van der Waals surface area contributed by atoms with Gasteiger partial charge in [-0.2, -0.15) is 0 Å². The maximum absolute atomic E-state index is 12.9. The summed E-state index contributed by atoms with van der Waals surface area (Å²) in [5.41, 5.74) is 1.58. The molecule has 2 N–H and O–H groups in total. The second-order valence-electron chi connectivity index (χ2n) is 7.04. The van der Waals surface area contributed by atoms with E-state index in [4.69, 9.17) is 25.8 Å². The van der Waals surface area contributed by atoms with Crippen molar-refractivity contribution < 1.29 is 28.6 Å². The molecule has 166 valence electrons. The Morgan fingerprint density at radius 3 is 2.72 bits per heavy atom. The first-order chi connectivity index (χ1) is 15.4. The molecule has 0 radical (unpaired) electrons. The normalized spacial score (nSPS) is 17.5. The lowest BCUT2D eigenvalue weighted by Crippen LogP contribution is -2.49. The van der Waals surface area contributed by atoms with Crippen LogP contribution in [0.5, 0.6) is 11.5 Å². The number of benzene rings is 2. The number of esters is 1. The van der Waals surface area contributed by atoms with Gasteiger partial charge in [-0.1, -0.05) is 29.8 Å². The first kappa shape index (κ1) is 21.5. The zero-order valence-corrected chi connectivity index (χ0v) is 18.1. The van der Waals surface area contributed by atoms with Gasteiger partial charge in [0.25, 0.3) is 0 Å². The molecule has 0 saturated carbocycles. The van der Waals surface area contributed by atoms with Gasteiger partial charge in [0.05, 0.1) is 37.2 Å². The molecule has 0 saturated heterocycles. The van der Waals surface area contributed by atoms with Crippen LogP contribution >= 0.6 is 11.6 Å². The lowest BCUT2D eigenvalue weighted by Gasteiger charge is -2.32. The van der Waals surface area contributed by atoms with Crippen LogP contribution in [0, 0.1) is 0 Å². The topological polar surface area (TPSA) is 106 Å². The smallest absolute Gasteiger partial charge is 0.338 e. The summed E-state index contributed by atoms with van der Waals surface area (Å²) < 4.78 is 15.6. The molecule has 0 aliphatic carbocycles. The number of anilines is 1. The Morgan fingerprint density at radius 2 is 2.00 bits per heavy atom. The van der Waals surface area contributed by atoms with Crippen molar-refractivity contribution >= 4 is 35.2 Å². The van der Waals surface area contributed by atoms with Crippen LogP contribution in [-0.2, 0) is 14.3 Å². The molecular weight excluding hydrogens is 438 g/mol. The minimum atomic E-state index is -0.762. The second kappa shape index (κ2) is 8.80. The number of ether oxygens (including phenoxy) is 3. The molecule has 0 spiro atoms. The molecule has 0 aromatic heterocycles. The van der Waals surface area contributed by atoms with Gasteiger partial charge in [-0.3, -0.25) is 9.69 Å². The minimum absolute atomic E-state index is 0.109. The Balaban J connectivity index is 1.59. The number of amides is 3. The van der Waals surface area contributed by atoms with Gasteiger partial charge in [0.2, 0.25) is 5.91 Å². The SMILES string of the molecule is COc1ccc(NC(=O)CN2C(=O)N[C@@H](c3ccccc3Cl)C3=C2COC3=O)c(OC)c1. The van der Waals surface area contributed by atoms with Crippen LogP contribution in [-0.4, -0.2) is 50.2 Å². The summed E-state index contributed by atoms with van der Waals surface area (Å²) in [4.78, 5) is 39.3. The highest BCUT2D eigenvalue weighted by molar-refractivity contribution is 6.31. The highest BCUT2D eigenvalue weighted by atomic mass is 35.5. The van der Waals surface area contributed by atoms with Gasteiger partial charge >= 0.3 is 12.0 Å². The maximum Gasteiger partial charge on any atom is 0.338 e. The van der Waals surface area contributed by atoms with Crippen LogP contribution in [0.1, 0.15) is 11.6 Å². The van der Waals surface area contributed by atoms with Crippen LogP contribution < -0.4 is 20.1 Å². The third kappa shape index (κ3) is 3.94. The maximum atomic E-state index is 12.9. The number of nitrogens with zero attached hydrogens (tertiary/aromatic N) is 1. The molecule has 2 aromatic carbocycles. The highest BCUT2D eigenvalue weighted by Crippen LogP contribution is 2.37. The van der Waals surface area contributed by atoms with E-state index in [1.54, 1.807) is 42.5 Å². The van der Waals surface area contributed by atoms with Crippen molar-refractivity contribution in [1.82, 2.24) is 10.2 Å². The summed E-state index contributed by atoms with van der Waals surface area (Å²) in [7, 11) is 2.99. The van der Waals surface area contributed by atoms with Gasteiger partial charge < -0.3 is 24.8 Å². The third-order valence-corrected chi connectivity index (χ3v) is 5.54. The monoisotopic (exact) mass is 457 g/mol. The quantitative estimate of drug-likeness (QED) is 0.646. The average Bonchev–Trinajstić information content (AvgIpc) is 3.17. The summed E-state index contributed by atoms with van der Waals surface area (Å²) in [6.45, 7) is -0.437. The van der Waals surface area contributed by atoms with E-state index in [0.717, 1.165) is 0 Å². The minimum Gasteiger partial charge on any atom is -0.497 e. The van der Waals surface area contributed by atoms with E-state index in [-0.39, 0.29) is 18.7 Å². The molecule has 9 nitrogen and oxygen atoms in total. The Morgan fingerprint density at radius 1 is 1.22 bits per heavy atom. The highest BCUT2D eigenvalue weighted by Gasteiger charge is 2.43. The Kier molecular flexibility index (Phi) is 5.91. The van der Waals surface area contributed by atoms with Gasteiger partial charge in [0.1, 0.15) is 24.7 Å². The van der Waals surface area contributed by atoms with E-state index < -0.39 is 23.9 Å². The van der Waals surface area contributed by atoms with Crippen LogP contribution in [0.25, 0.3) is 0 Å². The number of carbonyl (C=O) groups excluding carboxylic acids is 3. The summed E-state index contributed by atoms with van der Waals surface area (Å²) in [6.07, 6.45) is 0. The zero-order chi connectivity index (χ0) is 22.8. The second-order valence-corrected chi connectivity index (χ2v) is 7.45. The summed E-state index contributed by atoms with van der Waals surface area (Å²) >= 11 is 6.28. The summed E-state index contributed by atoms with van der Waals surface area (Å²) in [5.74, 6) is -0.0747. The molecule has 2 aliphatic heterocycles. The predicted octanol–water partition coefficient (Wildman–Crippen LogP) is 2.87. The lowest BCUT2D eigenvalue weighted by atomic mass is 9.95. The van der Waals surface area contributed by atoms with E-state index in [2.05, 4.69) is 10.6 Å². The van der Waals surface area contributed by atoms with E-state index in [0.29, 0.717) is 33.5 Å². The largest absolute Gasteiger partial charge is 0.497 e. The molecule has 0 fully saturated rings. The number of nitrogens with one attached hydrogen (secondary N) is 2. The van der Waals surface area contributed by atoms with Crippen molar-refractivity contribution in [3.8, 4) is 11.5 Å². The molecule has 10 heteroatoms.